The first-order chi connectivity index (χ1) is 6.00. The van der Waals surface area contributed by atoms with E-state index in [0.29, 0.717) is 0 Å². The second-order valence-electron chi connectivity index (χ2n) is 1.34. The maximum Gasteiger partial charge on any atom is 5.00 e. The van der Waals surface area contributed by atoms with E-state index in [-0.39, 0.29) is 65.5 Å². The summed E-state index contributed by atoms with van der Waals surface area (Å²) in [5.41, 5.74) is 0. The first kappa shape index (κ1) is 37.0. The Morgan fingerprint density at radius 3 is 0.500 bits per heavy atom. The summed E-state index contributed by atoms with van der Waals surface area (Å²) in [6.07, 6.45) is 0. The van der Waals surface area contributed by atoms with Crippen molar-refractivity contribution in [1.29, 1.82) is 0 Å². The summed E-state index contributed by atoms with van der Waals surface area (Å²) in [5.74, 6) is 0. The quantitative estimate of drug-likeness (QED) is 0.277. The Morgan fingerprint density at radius 1 is 0.500 bits per heavy atom. The van der Waals surface area contributed by atoms with Gasteiger partial charge in [0, 0.05) is 0 Å². The Balaban J connectivity index is -0.0000000277. The Labute approximate surface area is 145 Å². The second kappa shape index (κ2) is 15.8. The molecule has 18 heteroatoms. The van der Waals surface area contributed by atoms with Crippen LogP contribution in [0.3, 0.4) is 0 Å². The zero-order valence-corrected chi connectivity index (χ0v) is 15.5. The van der Waals surface area contributed by atoms with Crippen LogP contribution >= 0.6 is 23.5 Å². The summed E-state index contributed by atoms with van der Waals surface area (Å²) in [4.78, 5) is 76.9. The summed E-state index contributed by atoms with van der Waals surface area (Å²) < 4.78 is 25.6. The van der Waals surface area contributed by atoms with Crippen LogP contribution < -0.4 is 73.6 Å². The molecule has 96 valence electrons. The van der Waals surface area contributed by atoms with Gasteiger partial charge in [0.15, 0.2) is 0 Å². The van der Waals surface area contributed by atoms with E-state index >= 15 is 0 Å². The van der Waals surface area contributed by atoms with Gasteiger partial charge in [0.2, 0.25) is 0 Å². The van der Waals surface area contributed by atoms with Crippen molar-refractivity contribution in [1.82, 2.24) is 0 Å². The van der Waals surface area contributed by atoms with Gasteiger partial charge in [-0.1, -0.05) is 0 Å². The van der Waals surface area contributed by atoms with E-state index in [1.807, 2.05) is 0 Å². The molecule has 0 aliphatic heterocycles. The van der Waals surface area contributed by atoms with Crippen molar-refractivity contribution < 1.29 is 106 Å². The minimum Gasteiger partial charge on any atom is -0.822 e. The van der Waals surface area contributed by atoms with Crippen LogP contribution in [-0.2, 0) is 32.3 Å². The van der Waals surface area contributed by atoms with Crippen LogP contribution in [0, 0.1) is 0 Å². The van der Waals surface area contributed by atoms with Gasteiger partial charge in [0.1, 0.15) is 0 Å². The Hall–Kier alpha value is 2.45. The fourth-order valence-electron chi connectivity index (χ4n) is 0. The van der Waals surface area contributed by atoms with Gasteiger partial charge in [-0.2, -0.15) is 23.5 Å². The molecule has 0 fully saturated rings. The molecule has 0 aromatic carbocycles. The average Bonchev–Trinajstić information content (AvgIpc) is 1.41. The molecular formula is AlNaO12P3V. The topological polar surface area (TPSA) is 259 Å². The maximum absolute atomic E-state index is 8.55. The zero-order chi connectivity index (χ0) is 13.5. The molecule has 0 amide bonds. The zero-order valence-electron chi connectivity index (χ0n) is 8.27. The monoisotopic (exact) mass is 386 g/mol. The molecule has 0 unspecified atom stereocenters. The molecule has 0 saturated carbocycles. The summed E-state index contributed by atoms with van der Waals surface area (Å²) in [5, 5.41) is 0. The molecule has 0 atom stereocenters. The molecule has 0 rings (SSSR count). The standard InChI is InChI=1S/Al.Na.3H3O4P.V/c;;3*1-5(2,3)4;/h;;3*(H3,1,2,3,4);/q+3;+1;;;;+5/p-9. The van der Waals surface area contributed by atoms with Crippen molar-refractivity contribution in [2.75, 3.05) is 0 Å². The predicted molar refractivity (Wildman–Crippen MR) is 28.6 cm³/mol. The van der Waals surface area contributed by atoms with Crippen LogP contribution in [0.1, 0.15) is 0 Å². The molecule has 0 aromatic rings. The van der Waals surface area contributed by atoms with Gasteiger partial charge in [-0.3, -0.25) is 0 Å². The normalized spacial score (nSPS) is 9.83. The van der Waals surface area contributed by atoms with Crippen molar-refractivity contribution in [2.24, 2.45) is 0 Å². The summed E-state index contributed by atoms with van der Waals surface area (Å²) in [6.45, 7) is 0. The predicted octanol–water partition coefficient (Wildman–Crippen LogP) is -11.9. The second-order valence-corrected chi connectivity index (χ2v) is 4.02. The van der Waals surface area contributed by atoms with Crippen molar-refractivity contribution in [2.45, 2.75) is 0 Å². The van der Waals surface area contributed by atoms with E-state index in [1.54, 1.807) is 0 Å². The summed E-state index contributed by atoms with van der Waals surface area (Å²) >= 11 is 0. The fraction of sp³-hybridized carbons (Fsp3) is 0. The SMILES string of the molecule is O=P([O-])([O-])[O-].O=P([O-])([O-])[O-].O=P([O-])([O-])[O-].[Al+3].[Na+].[V+5]. The molecule has 0 N–H and O–H groups in total. The molecule has 0 radical (unpaired) electrons. The molecule has 0 aromatic heterocycles. The van der Waals surface area contributed by atoms with E-state index < -0.39 is 23.5 Å². The molecule has 0 saturated heterocycles. The molecule has 0 aliphatic carbocycles. The van der Waals surface area contributed by atoms with E-state index in [2.05, 4.69) is 0 Å². The van der Waals surface area contributed by atoms with Crippen LogP contribution in [0.4, 0.5) is 0 Å². The number of hydrogen-bond acceptors (Lipinski definition) is 12. The third-order valence-electron chi connectivity index (χ3n) is 0. The molecule has 0 heterocycles. The number of phosphoric acid groups is 3. The summed E-state index contributed by atoms with van der Waals surface area (Å²) in [6, 6.07) is 0. The fourth-order valence-corrected chi connectivity index (χ4v) is 0. The third kappa shape index (κ3) is 938. The van der Waals surface area contributed by atoms with Crippen molar-refractivity contribution in [3.05, 3.63) is 0 Å². The van der Waals surface area contributed by atoms with Gasteiger partial charge < -0.3 is 57.7 Å². The summed E-state index contributed by atoms with van der Waals surface area (Å²) in [7, 11) is -16.2. The van der Waals surface area contributed by atoms with Crippen LogP contribution in [0.25, 0.3) is 0 Å². The van der Waals surface area contributed by atoms with Gasteiger partial charge >= 0.3 is 65.5 Å². The first-order valence-electron chi connectivity index (χ1n) is 2.19. The Kier molecular flexibility index (Phi) is 32.6. The molecule has 0 bridgehead atoms. The van der Waals surface area contributed by atoms with Gasteiger partial charge in [-0.15, -0.1) is 0 Å². The van der Waals surface area contributed by atoms with Crippen LogP contribution in [0.15, 0.2) is 0 Å². The van der Waals surface area contributed by atoms with Crippen molar-refractivity contribution >= 4 is 40.8 Å². The minimum absolute atomic E-state index is 0. The Morgan fingerprint density at radius 2 is 0.500 bits per heavy atom. The third-order valence-corrected chi connectivity index (χ3v) is 0. The minimum atomic E-state index is -5.39. The Bertz CT molecular complexity index is 213. The van der Waals surface area contributed by atoms with E-state index in [4.69, 9.17) is 57.7 Å². The van der Waals surface area contributed by atoms with E-state index in [1.165, 1.54) is 0 Å². The maximum atomic E-state index is 8.55. The van der Waals surface area contributed by atoms with Crippen molar-refractivity contribution in [3.63, 3.8) is 0 Å². The van der Waals surface area contributed by atoms with Crippen LogP contribution in [0.5, 0.6) is 0 Å². The number of rotatable bonds is 0. The van der Waals surface area contributed by atoms with Gasteiger partial charge in [-0.05, 0) is 0 Å². The first-order valence-corrected chi connectivity index (χ1v) is 6.57. The number of hydrogen-bond donors (Lipinski definition) is 0. The molecule has 0 spiro atoms. The van der Waals surface area contributed by atoms with Crippen LogP contribution in [-0.4, -0.2) is 17.4 Å². The van der Waals surface area contributed by atoms with Gasteiger partial charge in [0.05, 0.1) is 0 Å². The van der Waals surface area contributed by atoms with Gasteiger partial charge in [-0.25, -0.2) is 0 Å². The smallest absolute Gasteiger partial charge is 0.822 e. The molecular weight excluding hydrogens is 386 g/mol. The van der Waals surface area contributed by atoms with E-state index in [0.717, 1.165) is 0 Å². The molecule has 12 nitrogen and oxygen atoms in total. The van der Waals surface area contributed by atoms with Gasteiger partial charge in [0.25, 0.3) is 0 Å². The molecule has 18 heavy (non-hydrogen) atoms. The van der Waals surface area contributed by atoms with E-state index in [9.17, 15) is 0 Å². The largest absolute Gasteiger partial charge is 5.00 e. The van der Waals surface area contributed by atoms with Crippen LogP contribution in [0.2, 0.25) is 0 Å². The van der Waals surface area contributed by atoms with Crippen molar-refractivity contribution in [3.8, 4) is 0 Å². The average molecular weight is 386 g/mol. The molecule has 0 aliphatic rings.